The van der Waals surface area contributed by atoms with Crippen molar-refractivity contribution in [3.63, 3.8) is 0 Å². The van der Waals surface area contributed by atoms with Crippen LogP contribution in [0.4, 0.5) is 0 Å². The van der Waals surface area contributed by atoms with Crippen molar-refractivity contribution in [2.45, 2.75) is 26.8 Å². The van der Waals surface area contributed by atoms with Gasteiger partial charge in [-0.05, 0) is 26.0 Å². The summed E-state index contributed by atoms with van der Waals surface area (Å²) in [6.07, 6.45) is 2.18. The Morgan fingerprint density at radius 3 is 2.79 bits per heavy atom. The SMILES string of the molecule is CCO/C(C)=C\c1sc2ccc(OC)cc2[n+]1CCCS(=O)(=O)[O-]. The first-order chi connectivity index (χ1) is 11.3. The third-order valence-corrected chi connectivity index (χ3v) is 5.31. The monoisotopic (exact) mass is 371 g/mol. The highest BCUT2D eigenvalue weighted by atomic mass is 32.2. The quantitative estimate of drug-likeness (QED) is 0.405. The fourth-order valence-corrected chi connectivity index (χ4v) is 4.03. The second kappa shape index (κ2) is 7.96. The van der Waals surface area contributed by atoms with E-state index in [4.69, 9.17) is 9.47 Å². The van der Waals surface area contributed by atoms with Crippen LogP contribution in [0.5, 0.6) is 5.75 Å². The van der Waals surface area contributed by atoms with Gasteiger partial charge in [-0.3, -0.25) is 0 Å². The van der Waals surface area contributed by atoms with Gasteiger partial charge < -0.3 is 14.0 Å². The van der Waals surface area contributed by atoms with Crippen LogP contribution >= 0.6 is 11.3 Å². The molecule has 24 heavy (non-hydrogen) atoms. The largest absolute Gasteiger partial charge is 0.748 e. The molecule has 0 aliphatic carbocycles. The number of rotatable bonds is 8. The Hall–Kier alpha value is -1.64. The van der Waals surface area contributed by atoms with Crippen LogP contribution in [-0.4, -0.2) is 32.4 Å². The fourth-order valence-electron chi connectivity index (χ4n) is 2.39. The Morgan fingerprint density at radius 2 is 2.17 bits per heavy atom. The van der Waals surface area contributed by atoms with Crippen LogP contribution in [0, 0.1) is 0 Å². The molecule has 0 N–H and O–H groups in total. The summed E-state index contributed by atoms with van der Waals surface area (Å²) in [5.41, 5.74) is 0.943. The Kier molecular flexibility index (Phi) is 6.20. The third-order valence-electron chi connectivity index (χ3n) is 3.41. The molecule has 0 spiro atoms. The van der Waals surface area contributed by atoms with Gasteiger partial charge in [0.1, 0.15) is 16.2 Å². The Labute approximate surface area is 146 Å². The van der Waals surface area contributed by atoms with Crippen LogP contribution in [-0.2, 0) is 21.4 Å². The zero-order valence-electron chi connectivity index (χ0n) is 13.9. The molecule has 0 amide bonds. The number of hydrogen-bond donors (Lipinski definition) is 0. The average molecular weight is 371 g/mol. The van der Waals surface area contributed by atoms with Crippen molar-refractivity contribution < 1.29 is 27.0 Å². The minimum atomic E-state index is -4.21. The van der Waals surface area contributed by atoms with Crippen LogP contribution in [0.3, 0.4) is 0 Å². The topological polar surface area (TPSA) is 79.5 Å². The number of fused-ring (bicyclic) bond motifs is 1. The standard InChI is InChI=1S/C16H21NO5S2/c1-4-22-12(2)10-16-17(8-5-9-24(18,19)20)14-11-13(21-3)6-7-15(14)23-16/h6-7,10-11H,4-5,8-9H2,1-3H3/b12-10-. The van der Waals surface area contributed by atoms with Gasteiger partial charge in [0, 0.05) is 12.2 Å². The van der Waals surface area contributed by atoms with Crippen LogP contribution in [0.1, 0.15) is 25.3 Å². The maximum absolute atomic E-state index is 10.9. The molecule has 0 bridgehead atoms. The number of thiazole rings is 1. The second-order valence-electron chi connectivity index (χ2n) is 5.23. The molecule has 0 fully saturated rings. The van der Waals surface area contributed by atoms with Gasteiger partial charge in [-0.2, -0.15) is 4.57 Å². The van der Waals surface area contributed by atoms with Gasteiger partial charge in [0.15, 0.2) is 6.54 Å². The average Bonchev–Trinajstić information content (AvgIpc) is 2.83. The molecule has 132 valence electrons. The Bertz CT molecular complexity index is 840. The Morgan fingerprint density at radius 1 is 1.42 bits per heavy atom. The van der Waals surface area contributed by atoms with E-state index in [9.17, 15) is 13.0 Å². The molecular formula is C16H21NO5S2. The minimum Gasteiger partial charge on any atom is -0.748 e. The predicted octanol–water partition coefficient (Wildman–Crippen LogP) is 2.53. The first-order valence-electron chi connectivity index (χ1n) is 7.59. The number of nitrogens with zero attached hydrogens (tertiary/aromatic N) is 1. The maximum atomic E-state index is 10.9. The maximum Gasteiger partial charge on any atom is 0.266 e. The predicted molar refractivity (Wildman–Crippen MR) is 93.0 cm³/mol. The normalized spacial score (nSPS) is 12.6. The van der Waals surface area contributed by atoms with Crippen molar-refractivity contribution in [2.24, 2.45) is 0 Å². The molecule has 0 atom stereocenters. The molecule has 0 saturated heterocycles. The summed E-state index contributed by atoms with van der Waals surface area (Å²) in [5, 5.41) is 0.938. The van der Waals surface area contributed by atoms with E-state index in [1.165, 1.54) is 0 Å². The zero-order chi connectivity index (χ0) is 17.7. The number of ether oxygens (including phenoxy) is 2. The molecule has 0 radical (unpaired) electrons. The van der Waals surface area contributed by atoms with Crippen molar-refractivity contribution in [1.82, 2.24) is 0 Å². The number of aromatic nitrogens is 1. The lowest BCUT2D eigenvalue weighted by Gasteiger charge is -2.05. The third kappa shape index (κ3) is 4.93. The van der Waals surface area contributed by atoms with E-state index in [0.717, 1.165) is 26.7 Å². The van der Waals surface area contributed by atoms with Gasteiger partial charge in [-0.1, -0.05) is 11.3 Å². The van der Waals surface area contributed by atoms with E-state index in [2.05, 4.69) is 0 Å². The van der Waals surface area contributed by atoms with Gasteiger partial charge in [0.05, 0.1) is 36.0 Å². The second-order valence-corrected chi connectivity index (χ2v) is 7.81. The van der Waals surface area contributed by atoms with E-state index in [1.807, 2.05) is 42.7 Å². The number of hydrogen-bond acceptors (Lipinski definition) is 6. The molecule has 2 aromatic rings. The summed E-state index contributed by atoms with van der Waals surface area (Å²) < 4.78 is 46.4. The number of benzene rings is 1. The van der Waals surface area contributed by atoms with Crippen molar-refractivity contribution in [3.8, 4) is 5.75 Å². The Balaban J connectivity index is 2.42. The molecule has 1 heterocycles. The molecule has 2 rings (SSSR count). The smallest absolute Gasteiger partial charge is 0.266 e. The molecule has 1 aromatic heterocycles. The van der Waals surface area contributed by atoms with Gasteiger partial charge in [0.25, 0.3) is 5.01 Å². The lowest BCUT2D eigenvalue weighted by Crippen LogP contribution is -2.36. The minimum absolute atomic E-state index is 0.258. The van der Waals surface area contributed by atoms with Crippen LogP contribution < -0.4 is 9.30 Å². The van der Waals surface area contributed by atoms with Gasteiger partial charge in [-0.15, -0.1) is 0 Å². The van der Waals surface area contributed by atoms with E-state index >= 15 is 0 Å². The molecule has 1 aromatic carbocycles. The lowest BCUT2D eigenvalue weighted by molar-refractivity contribution is -0.668. The van der Waals surface area contributed by atoms with E-state index < -0.39 is 10.1 Å². The molecule has 0 aliphatic rings. The molecule has 0 aliphatic heterocycles. The van der Waals surface area contributed by atoms with Gasteiger partial charge >= 0.3 is 0 Å². The molecular weight excluding hydrogens is 350 g/mol. The summed E-state index contributed by atoms with van der Waals surface area (Å²) in [7, 11) is -2.61. The summed E-state index contributed by atoms with van der Waals surface area (Å²) in [4.78, 5) is 0. The molecule has 8 heteroatoms. The highest BCUT2D eigenvalue weighted by molar-refractivity contribution is 7.85. The van der Waals surface area contributed by atoms with Crippen LogP contribution in [0.2, 0.25) is 0 Å². The van der Waals surface area contributed by atoms with E-state index in [0.29, 0.717) is 13.2 Å². The van der Waals surface area contributed by atoms with Crippen molar-refractivity contribution in [1.29, 1.82) is 0 Å². The van der Waals surface area contributed by atoms with Crippen molar-refractivity contribution in [3.05, 3.63) is 29.0 Å². The summed E-state index contributed by atoms with van der Waals surface area (Å²) >= 11 is 1.58. The summed E-state index contributed by atoms with van der Waals surface area (Å²) in [6, 6.07) is 5.76. The zero-order valence-corrected chi connectivity index (χ0v) is 15.6. The van der Waals surface area contributed by atoms with Gasteiger partial charge in [0.2, 0.25) is 5.52 Å². The fraction of sp³-hybridized carbons (Fsp3) is 0.438. The van der Waals surface area contributed by atoms with Gasteiger partial charge in [-0.25, -0.2) is 8.42 Å². The molecule has 0 saturated carbocycles. The highest BCUT2D eigenvalue weighted by Gasteiger charge is 2.20. The van der Waals surface area contributed by atoms with Crippen LogP contribution in [0.15, 0.2) is 24.0 Å². The molecule has 6 nitrogen and oxygen atoms in total. The van der Waals surface area contributed by atoms with Crippen LogP contribution in [0.25, 0.3) is 16.3 Å². The van der Waals surface area contributed by atoms with E-state index in [1.54, 1.807) is 18.4 Å². The number of allylic oxidation sites excluding steroid dienone is 1. The first kappa shape index (κ1) is 18.7. The summed E-state index contributed by atoms with van der Waals surface area (Å²) in [5.74, 6) is 1.12. The van der Waals surface area contributed by atoms with E-state index in [-0.39, 0.29) is 12.2 Å². The number of aryl methyl sites for hydroxylation is 1. The number of methoxy groups -OCH3 is 1. The lowest BCUT2D eigenvalue weighted by atomic mass is 10.3. The summed E-state index contributed by atoms with van der Waals surface area (Å²) in [6.45, 7) is 4.80. The highest BCUT2D eigenvalue weighted by Crippen LogP contribution is 2.26. The first-order valence-corrected chi connectivity index (χ1v) is 9.98. The molecule has 0 unspecified atom stereocenters. The van der Waals surface area contributed by atoms with Crippen molar-refractivity contribution >= 4 is 37.7 Å². The van der Waals surface area contributed by atoms with Crippen molar-refractivity contribution in [2.75, 3.05) is 19.5 Å².